The number of amides is 1. The predicted octanol–water partition coefficient (Wildman–Crippen LogP) is 3.00. The van der Waals surface area contributed by atoms with Crippen LogP contribution in [0.3, 0.4) is 0 Å². The van der Waals surface area contributed by atoms with Gasteiger partial charge in [0, 0.05) is 13.1 Å². The molecule has 4 rings (SSSR count). The third-order valence-corrected chi connectivity index (χ3v) is 7.96. The molecule has 1 aliphatic heterocycles. The highest BCUT2D eigenvalue weighted by Gasteiger charge is 2.28. The summed E-state index contributed by atoms with van der Waals surface area (Å²) in [4.78, 5) is 13.0. The number of benzene rings is 2. The summed E-state index contributed by atoms with van der Waals surface area (Å²) in [6, 6.07) is 10.4. The summed E-state index contributed by atoms with van der Waals surface area (Å²) in [5, 5.41) is 2.78. The molecule has 2 aromatic rings. The Morgan fingerprint density at radius 1 is 1.09 bits per heavy atom. The predicted molar refractivity (Wildman–Crippen MR) is 124 cm³/mol. The Morgan fingerprint density at radius 3 is 2.61 bits per heavy atom. The molecule has 8 nitrogen and oxygen atoms in total. The molecule has 1 atom stereocenters. The van der Waals surface area contributed by atoms with Crippen molar-refractivity contribution in [3.8, 4) is 11.5 Å². The Hall–Kier alpha value is -2.62. The van der Waals surface area contributed by atoms with Crippen molar-refractivity contribution in [1.82, 2.24) is 4.31 Å². The van der Waals surface area contributed by atoms with E-state index >= 15 is 0 Å². The van der Waals surface area contributed by atoms with Crippen LogP contribution in [-0.2, 0) is 32.4 Å². The molecule has 0 saturated carbocycles. The van der Waals surface area contributed by atoms with Gasteiger partial charge in [-0.15, -0.1) is 0 Å². The van der Waals surface area contributed by atoms with Gasteiger partial charge in [-0.25, -0.2) is 8.42 Å². The number of hydrogen-bond acceptors (Lipinski definition) is 6. The Kier molecular flexibility index (Phi) is 7.21. The standard InChI is InChI=1S/C24H30N2O6S/c1-17(32-22-9-5-7-18-6-3-4-8-20(18)22)24(27)25-21-16-19(10-11-23(21)30-2)33(28,29)26-12-14-31-15-13-26/h5,7,9-11,16-17H,3-4,6,8,12-15H2,1-2H3,(H,25,27)/t17-/m1/s1. The maximum Gasteiger partial charge on any atom is 0.265 e. The summed E-state index contributed by atoms with van der Waals surface area (Å²) < 4.78 is 44.1. The number of morpholine rings is 1. The summed E-state index contributed by atoms with van der Waals surface area (Å²) >= 11 is 0. The number of sulfonamides is 1. The molecule has 1 saturated heterocycles. The molecular weight excluding hydrogens is 444 g/mol. The lowest BCUT2D eigenvalue weighted by molar-refractivity contribution is -0.122. The van der Waals surface area contributed by atoms with Crippen LogP contribution in [0.15, 0.2) is 41.3 Å². The topological polar surface area (TPSA) is 94.2 Å². The van der Waals surface area contributed by atoms with Crippen LogP contribution in [0.1, 0.15) is 30.9 Å². The van der Waals surface area contributed by atoms with Gasteiger partial charge in [0.2, 0.25) is 10.0 Å². The number of hydrogen-bond donors (Lipinski definition) is 1. The van der Waals surface area contributed by atoms with Gasteiger partial charge in [-0.05, 0) is 68.0 Å². The molecule has 1 fully saturated rings. The van der Waals surface area contributed by atoms with Crippen molar-refractivity contribution in [2.75, 3.05) is 38.7 Å². The molecule has 0 radical (unpaired) electrons. The number of methoxy groups -OCH3 is 1. The van der Waals surface area contributed by atoms with Gasteiger partial charge in [0.15, 0.2) is 6.10 Å². The average Bonchev–Trinajstić information content (AvgIpc) is 2.84. The number of nitrogens with one attached hydrogen (secondary N) is 1. The van der Waals surface area contributed by atoms with E-state index in [-0.39, 0.29) is 16.5 Å². The van der Waals surface area contributed by atoms with E-state index in [0.29, 0.717) is 32.1 Å². The summed E-state index contributed by atoms with van der Waals surface area (Å²) in [6.45, 7) is 2.98. The van der Waals surface area contributed by atoms with E-state index in [1.807, 2.05) is 12.1 Å². The summed E-state index contributed by atoms with van der Waals surface area (Å²) in [5.74, 6) is 0.710. The molecule has 9 heteroatoms. The maximum absolute atomic E-state index is 13.0. The Labute approximate surface area is 194 Å². The number of fused-ring (bicyclic) bond motifs is 1. The fraction of sp³-hybridized carbons (Fsp3) is 0.458. The zero-order valence-electron chi connectivity index (χ0n) is 19.0. The maximum atomic E-state index is 13.0. The summed E-state index contributed by atoms with van der Waals surface area (Å²) in [7, 11) is -2.24. The molecule has 1 aliphatic carbocycles. The lowest BCUT2D eigenvalue weighted by Gasteiger charge is -2.26. The lowest BCUT2D eigenvalue weighted by Crippen LogP contribution is -2.40. The SMILES string of the molecule is COc1ccc(S(=O)(=O)N2CCOCC2)cc1NC(=O)[C@@H](C)Oc1cccc2c1CCCC2. The highest BCUT2D eigenvalue weighted by atomic mass is 32.2. The number of carbonyl (C=O) groups is 1. The number of aryl methyl sites for hydroxylation is 1. The third kappa shape index (κ3) is 5.15. The monoisotopic (exact) mass is 474 g/mol. The smallest absolute Gasteiger partial charge is 0.265 e. The van der Waals surface area contributed by atoms with E-state index in [4.69, 9.17) is 14.2 Å². The van der Waals surface area contributed by atoms with E-state index in [1.165, 1.54) is 34.7 Å². The van der Waals surface area contributed by atoms with Crippen LogP contribution in [0.5, 0.6) is 11.5 Å². The first-order valence-corrected chi connectivity index (χ1v) is 12.7. The molecule has 0 bridgehead atoms. The molecule has 178 valence electrons. The van der Waals surface area contributed by atoms with Crippen molar-refractivity contribution in [3.63, 3.8) is 0 Å². The average molecular weight is 475 g/mol. The number of rotatable bonds is 7. The minimum atomic E-state index is -3.71. The van der Waals surface area contributed by atoms with Crippen molar-refractivity contribution in [1.29, 1.82) is 0 Å². The molecule has 2 aliphatic rings. The highest BCUT2D eigenvalue weighted by molar-refractivity contribution is 7.89. The quantitative estimate of drug-likeness (QED) is 0.663. The van der Waals surface area contributed by atoms with Crippen molar-refractivity contribution < 1.29 is 27.4 Å². The second-order valence-electron chi connectivity index (χ2n) is 8.23. The minimum Gasteiger partial charge on any atom is -0.495 e. The second kappa shape index (κ2) is 10.1. The number of nitrogens with zero attached hydrogens (tertiary/aromatic N) is 1. The normalized spacial score (nSPS) is 17.6. The molecule has 1 amide bonds. The van der Waals surface area contributed by atoms with E-state index in [1.54, 1.807) is 13.0 Å². The Bertz CT molecular complexity index is 1110. The first kappa shape index (κ1) is 23.5. The van der Waals surface area contributed by atoms with Crippen LogP contribution in [-0.4, -0.2) is 58.1 Å². The zero-order chi connectivity index (χ0) is 23.4. The van der Waals surface area contributed by atoms with Crippen molar-refractivity contribution >= 4 is 21.6 Å². The molecule has 0 aromatic heterocycles. The van der Waals surface area contributed by atoms with Crippen LogP contribution in [0.25, 0.3) is 0 Å². The van der Waals surface area contributed by atoms with Crippen molar-refractivity contribution in [2.45, 2.75) is 43.6 Å². The number of carbonyl (C=O) groups excluding carboxylic acids is 1. The highest BCUT2D eigenvalue weighted by Crippen LogP contribution is 2.32. The molecule has 0 unspecified atom stereocenters. The molecule has 33 heavy (non-hydrogen) atoms. The Balaban J connectivity index is 1.52. The van der Waals surface area contributed by atoms with Gasteiger partial charge in [-0.1, -0.05) is 12.1 Å². The van der Waals surface area contributed by atoms with E-state index in [9.17, 15) is 13.2 Å². The van der Waals surface area contributed by atoms with Gasteiger partial charge < -0.3 is 19.5 Å². The first-order valence-electron chi connectivity index (χ1n) is 11.2. The first-order chi connectivity index (χ1) is 15.9. The van der Waals surface area contributed by atoms with Gasteiger partial charge >= 0.3 is 0 Å². The van der Waals surface area contributed by atoms with Gasteiger partial charge in [0.25, 0.3) is 5.91 Å². The van der Waals surface area contributed by atoms with Gasteiger partial charge in [-0.2, -0.15) is 4.31 Å². The molecule has 1 N–H and O–H groups in total. The van der Waals surface area contributed by atoms with E-state index in [2.05, 4.69) is 11.4 Å². The van der Waals surface area contributed by atoms with E-state index < -0.39 is 16.1 Å². The molecular formula is C24H30N2O6S. The van der Waals surface area contributed by atoms with Gasteiger partial charge in [0.05, 0.1) is 30.9 Å². The third-order valence-electron chi connectivity index (χ3n) is 6.06. The van der Waals surface area contributed by atoms with Crippen molar-refractivity contribution in [2.24, 2.45) is 0 Å². The second-order valence-corrected chi connectivity index (χ2v) is 10.2. The molecule has 1 heterocycles. The molecule has 0 spiro atoms. The van der Waals surface area contributed by atoms with Gasteiger partial charge in [0.1, 0.15) is 11.5 Å². The van der Waals surface area contributed by atoms with Crippen LogP contribution in [0.4, 0.5) is 5.69 Å². The van der Waals surface area contributed by atoms with Crippen LogP contribution in [0, 0.1) is 0 Å². The minimum absolute atomic E-state index is 0.0891. The van der Waals surface area contributed by atoms with Crippen LogP contribution in [0.2, 0.25) is 0 Å². The summed E-state index contributed by atoms with van der Waals surface area (Å²) in [5.41, 5.74) is 2.72. The number of ether oxygens (including phenoxy) is 3. The fourth-order valence-electron chi connectivity index (χ4n) is 4.22. The van der Waals surface area contributed by atoms with Crippen LogP contribution >= 0.6 is 0 Å². The van der Waals surface area contributed by atoms with Crippen molar-refractivity contribution in [3.05, 3.63) is 47.5 Å². The lowest BCUT2D eigenvalue weighted by atomic mass is 9.91. The largest absolute Gasteiger partial charge is 0.495 e. The Morgan fingerprint density at radius 2 is 1.85 bits per heavy atom. The van der Waals surface area contributed by atoms with E-state index in [0.717, 1.165) is 31.4 Å². The molecule has 2 aromatic carbocycles. The van der Waals surface area contributed by atoms with Gasteiger partial charge in [-0.3, -0.25) is 4.79 Å². The zero-order valence-corrected chi connectivity index (χ0v) is 19.8. The van der Waals surface area contributed by atoms with Crippen LogP contribution < -0.4 is 14.8 Å². The fourth-order valence-corrected chi connectivity index (χ4v) is 5.65. The number of anilines is 1. The summed E-state index contributed by atoms with van der Waals surface area (Å²) in [6.07, 6.45) is 3.46.